The molecular weight excluding hydrogens is 388 g/mol. The van der Waals surface area contributed by atoms with Gasteiger partial charge in [0, 0.05) is 37.0 Å². The molecule has 1 aliphatic rings. The number of fused-ring (bicyclic) bond motifs is 1. The minimum Gasteiger partial charge on any atom is -0.379 e. The van der Waals surface area contributed by atoms with Crippen molar-refractivity contribution in [1.82, 2.24) is 14.9 Å². The lowest BCUT2D eigenvalue weighted by Crippen LogP contribution is -2.37. The molecule has 0 saturated carbocycles. The highest BCUT2D eigenvalue weighted by atomic mass is 32.2. The van der Waals surface area contributed by atoms with Gasteiger partial charge < -0.3 is 10.1 Å². The van der Waals surface area contributed by atoms with E-state index in [4.69, 9.17) is 4.74 Å². The standard InChI is InChI=1S/C21H24N4O3S/c1-29(26,27)18-6-7-20-19(14-18)21(23-15-22-20)24-17-4-2-16(3-5-17)8-9-25-10-12-28-13-11-25/h2-7,14-15H,8-13H2,1H3,(H,22,23,24). The molecule has 152 valence electrons. The first-order chi connectivity index (χ1) is 14.0. The molecule has 0 atom stereocenters. The zero-order valence-corrected chi connectivity index (χ0v) is 17.2. The van der Waals surface area contributed by atoms with Crippen molar-refractivity contribution in [2.45, 2.75) is 11.3 Å². The van der Waals surface area contributed by atoms with Crippen LogP contribution in [-0.4, -0.2) is 62.4 Å². The van der Waals surface area contributed by atoms with E-state index in [0.29, 0.717) is 16.7 Å². The molecule has 0 aliphatic carbocycles. The largest absolute Gasteiger partial charge is 0.379 e. The van der Waals surface area contributed by atoms with E-state index in [1.54, 1.807) is 18.2 Å². The predicted octanol–water partition coefficient (Wildman–Crippen LogP) is 2.65. The Balaban J connectivity index is 1.49. The first-order valence-corrected chi connectivity index (χ1v) is 11.5. The summed E-state index contributed by atoms with van der Waals surface area (Å²) in [7, 11) is -3.30. The second-order valence-electron chi connectivity index (χ2n) is 7.20. The third-order valence-electron chi connectivity index (χ3n) is 5.07. The first kappa shape index (κ1) is 19.8. The summed E-state index contributed by atoms with van der Waals surface area (Å²) in [5, 5.41) is 3.96. The molecule has 0 radical (unpaired) electrons. The Kier molecular flexibility index (Phi) is 5.75. The monoisotopic (exact) mass is 412 g/mol. The number of aromatic nitrogens is 2. The fraction of sp³-hybridized carbons (Fsp3) is 0.333. The molecule has 2 aromatic carbocycles. The van der Waals surface area contributed by atoms with Gasteiger partial charge in [-0.25, -0.2) is 18.4 Å². The van der Waals surface area contributed by atoms with Crippen LogP contribution in [0.25, 0.3) is 10.9 Å². The Bertz CT molecular complexity index is 1090. The molecule has 1 fully saturated rings. The second-order valence-corrected chi connectivity index (χ2v) is 9.22. The van der Waals surface area contributed by atoms with Crippen LogP contribution in [0.5, 0.6) is 0 Å². The van der Waals surface area contributed by atoms with E-state index in [1.807, 2.05) is 12.1 Å². The number of hydrogen-bond acceptors (Lipinski definition) is 7. The van der Waals surface area contributed by atoms with E-state index in [-0.39, 0.29) is 4.90 Å². The van der Waals surface area contributed by atoms with Crippen LogP contribution in [0, 0.1) is 0 Å². The topological polar surface area (TPSA) is 84.4 Å². The molecule has 29 heavy (non-hydrogen) atoms. The summed E-state index contributed by atoms with van der Waals surface area (Å²) in [5.74, 6) is 0.585. The average Bonchev–Trinajstić information content (AvgIpc) is 2.73. The molecule has 3 aromatic rings. The van der Waals surface area contributed by atoms with Crippen molar-refractivity contribution in [3.63, 3.8) is 0 Å². The Morgan fingerprint density at radius 3 is 2.55 bits per heavy atom. The molecule has 1 aromatic heterocycles. The molecule has 4 rings (SSSR count). The summed E-state index contributed by atoms with van der Waals surface area (Å²) in [4.78, 5) is 11.2. The van der Waals surface area contributed by atoms with Gasteiger partial charge in [0.1, 0.15) is 12.1 Å². The van der Waals surface area contributed by atoms with E-state index in [0.717, 1.165) is 45.0 Å². The Hall–Kier alpha value is -2.55. The van der Waals surface area contributed by atoms with Crippen molar-refractivity contribution in [3.05, 3.63) is 54.4 Å². The third-order valence-corrected chi connectivity index (χ3v) is 6.18. The minimum atomic E-state index is -3.30. The van der Waals surface area contributed by atoms with E-state index >= 15 is 0 Å². The van der Waals surface area contributed by atoms with Gasteiger partial charge in [-0.3, -0.25) is 4.90 Å². The fourth-order valence-electron chi connectivity index (χ4n) is 3.37. The molecule has 0 unspecified atom stereocenters. The van der Waals surface area contributed by atoms with Gasteiger partial charge in [0.2, 0.25) is 0 Å². The second kappa shape index (κ2) is 8.44. The summed E-state index contributed by atoms with van der Waals surface area (Å²) in [6.07, 6.45) is 3.66. The summed E-state index contributed by atoms with van der Waals surface area (Å²) in [6.45, 7) is 4.65. The molecule has 7 nitrogen and oxygen atoms in total. The van der Waals surface area contributed by atoms with Crippen molar-refractivity contribution < 1.29 is 13.2 Å². The Labute approximate surface area is 170 Å². The lowest BCUT2D eigenvalue weighted by Gasteiger charge is -2.26. The van der Waals surface area contributed by atoms with Crippen molar-refractivity contribution >= 4 is 32.2 Å². The number of hydrogen-bond donors (Lipinski definition) is 1. The van der Waals surface area contributed by atoms with E-state index in [2.05, 4.69) is 32.3 Å². The molecule has 0 amide bonds. The summed E-state index contributed by atoms with van der Waals surface area (Å²) in [6, 6.07) is 13.1. The fourth-order valence-corrected chi connectivity index (χ4v) is 4.02. The van der Waals surface area contributed by atoms with Gasteiger partial charge in [0.15, 0.2) is 9.84 Å². The Morgan fingerprint density at radius 1 is 1.07 bits per heavy atom. The van der Waals surface area contributed by atoms with Crippen LogP contribution in [0.4, 0.5) is 11.5 Å². The highest BCUT2D eigenvalue weighted by molar-refractivity contribution is 7.90. The average molecular weight is 413 g/mol. The molecule has 1 aliphatic heterocycles. The van der Waals surface area contributed by atoms with E-state index in [1.165, 1.54) is 18.1 Å². The number of anilines is 2. The van der Waals surface area contributed by atoms with Crippen LogP contribution in [0.2, 0.25) is 0 Å². The maximum absolute atomic E-state index is 11.9. The number of sulfone groups is 1. The predicted molar refractivity (Wildman–Crippen MR) is 113 cm³/mol. The quantitative estimate of drug-likeness (QED) is 0.666. The Morgan fingerprint density at radius 2 is 1.83 bits per heavy atom. The third kappa shape index (κ3) is 4.90. The smallest absolute Gasteiger partial charge is 0.175 e. The minimum absolute atomic E-state index is 0.251. The van der Waals surface area contributed by atoms with Gasteiger partial charge >= 0.3 is 0 Å². The lowest BCUT2D eigenvalue weighted by atomic mass is 10.1. The van der Waals surface area contributed by atoms with Gasteiger partial charge in [-0.05, 0) is 42.3 Å². The van der Waals surface area contributed by atoms with Gasteiger partial charge in [-0.2, -0.15) is 0 Å². The first-order valence-electron chi connectivity index (χ1n) is 9.60. The van der Waals surface area contributed by atoms with Crippen LogP contribution >= 0.6 is 0 Å². The molecule has 2 heterocycles. The number of ether oxygens (including phenoxy) is 1. The van der Waals surface area contributed by atoms with Crippen LogP contribution in [0.15, 0.2) is 53.7 Å². The highest BCUT2D eigenvalue weighted by Crippen LogP contribution is 2.25. The van der Waals surface area contributed by atoms with Gasteiger partial charge in [-0.1, -0.05) is 12.1 Å². The zero-order valence-electron chi connectivity index (χ0n) is 16.3. The molecule has 1 saturated heterocycles. The molecule has 0 spiro atoms. The number of morpholine rings is 1. The van der Waals surface area contributed by atoms with Crippen LogP contribution < -0.4 is 5.32 Å². The SMILES string of the molecule is CS(=O)(=O)c1ccc2ncnc(Nc3ccc(CCN4CCOCC4)cc3)c2c1. The van der Waals surface area contributed by atoms with E-state index in [9.17, 15) is 8.42 Å². The molecule has 8 heteroatoms. The zero-order chi connectivity index (χ0) is 20.3. The van der Waals surface area contributed by atoms with Crippen molar-refractivity contribution in [3.8, 4) is 0 Å². The summed E-state index contributed by atoms with van der Waals surface area (Å²) in [5.41, 5.74) is 2.86. The van der Waals surface area contributed by atoms with Gasteiger partial charge in [-0.15, -0.1) is 0 Å². The van der Waals surface area contributed by atoms with Crippen molar-refractivity contribution in [2.75, 3.05) is 44.4 Å². The molecule has 1 N–H and O–H groups in total. The summed E-state index contributed by atoms with van der Waals surface area (Å²) >= 11 is 0. The van der Waals surface area contributed by atoms with Crippen molar-refractivity contribution in [1.29, 1.82) is 0 Å². The van der Waals surface area contributed by atoms with Crippen LogP contribution in [0.3, 0.4) is 0 Å². The normalized spacial score (nSPS) is 15.5. The van der Waals surface area contributed by atoms with Gasteiger partial charge in [0.25, 0.3) is 0 Å². The van der Waals surface area contributed by atoms with Crippen molar-refractivity contribution in [2.24, 2.45) is 0 Å². The maximum atomic E-state index is 11.9. The molecular formula is C21H24N4O3S. The van der Waals surface area contributed by atoms with Crippen LogP contribution in [-0.2, 0) is 21.0 Å². The highest BCUT2D eigenvalue weighted by Gasteiger charge is 2.12. The molecule has 0 bridgehead atoms. The van der Waals surface area contributed by atoms with Crippen LogP contribution in [0.1, 0.15) is 5.56 Å². The number of nitrogens with one attached hydrogen (secondary N) is 1. The number of benzene rings is 2. The number of nitrogens with zero attached hydrogens (tertiary/aromatic N) is 3. The number of rotatable bonds is 6. The van der Waals surface area contributed by atoms with E-state index < -0.39 is 9.84 Å². The maximum Gasteiger partial charge on any atom is 0.175 e. The summed E-state index contributed by atoms with van der Waals surface area (Å²) < 4.78 is 29.2. The van der Waals surface area contributed by atoms with Gasteiger partial charge in [0.05, 0.1) is 23.6 Å². The lowest BCUT2D eigenvalue weighted by molar-refractivity contribution is 0.0384.